The number of aliphatic imine (C=N–C) groups is 2. The molecule has 0 unspecified atom stereocenters. The molecule has 0 aliphatic carbocycles. The van der Waals surface area contributed by atoms with E-state index in [9.17, 15) is 0 Å². The van der Waals surface area contributed by atoms with Crippen molar-refractivity contribution in [1.29, 1.82) is 0 Å². The summed E-state index contributed by atoms with van der Waals surface area (Å²) in [5.41, 5.74) is 8.24. The van der Waals surface area contributed by atoms with Gasteiger partial charge in [0.2, 0.25) is 0 Å². The molecule has 25 heavy (non-hydrogen) atoms. The Kier molecular flexibility index (Phi) is 5.71. The Morgan fingerprint density at radius 1 is 1.16 bits per heavy atom. The number of rotatable bonds is 6. The second kappa shape index (κ2) is 8.16. The number of para-hydroxylation sites is 1. The van der Waals surface area contributed by atoms with Crippen LogP contribution in [0.4, 0.5) is 0 Å². The van der Waals surface area contributed by atoms with E-state index < -0.39 is 0 Å². The van der Waals surface area contributed by atoms with E-state index in [2.05, 4.69) is 38.9 Å². The van der Waals surface area contributed by atoms with Gasteiger partial charge in [-0.05, 0) is 36.9 Å². The zero-order chi connectivity index (χ0) is 17.6. The zero-order valence-corrected chi connectivity index (χ0v) is 15.0. The molecule has 1 heterocycles. The van der Waals surface area contributed by atoms with Gasteiger partial charge in [-0.15, -0.1) is 0 Å². The standard InChI is InChI=1S/C19H17ClN4S/c1-22-11-17(20)19(23-13-21)16-12-24(18-10-6-5-9-15(16)18)25-14-7-3-2-4-8-14/h2-12H,1,13,21H2/b17-11+,23-19?. The molecule has 6 heteroatoms. The van der Waals surface area contributed by atoms with E-state index in [0.29, 0.717) is 10.7 Å². The first-order valence-corrected chi connectivity index (χ1v) is 8.80. The molecule has 0 amide bonds. The minimum Gasteiger partial charge on any atom is -0.312 e. The van der Waals surface area contributed by atoms with Gasteiger partial charge in [0.25, 0.3) is 0 Å². The number of nitrogens with zero attached hydrogens (tertiary/aromatic N) is 3. The fraction of sp³-hybridized carbons (Fsp3) is 0.0526. The number of allylic oxidation sites excluding steroid dienone is 1. The lowest BCUT2D eigenvalue weighted by Gasteiger charge is -2.04. The Balaban J connectivity index is 2.14. The predicted octanol–water partition coefficient (Wildman–Crippen LogP) is 4.68. The quantitative estimate of drug-likeness (QED) is 0.642. The SMILES string of the molecule is C=N/C=C(/Cl)C(=NCN)c1cn(Sc2ccccc2)c2ccccc12. The Bertz CT molecular complexity index is 944. The maximum atomic E-state index is 6.36. The summed E-state index contributed by atoms with van der Waals surface area (Å²) in [6.45, 7) is 3.59. The second-order valence-corrected chi connectivity index (χ2v) is 6.59. The van der Waals surface area contributed by atoms with E-state index in [1.54, 1.807) is 11.9 Å². The molecule has 4 nitrogen and oxygen atoms in total. The molecule has 0 radical (unpaired) electrons. The van der Waals surface area contributed by atoms with Crippen molar-refractivity contribution in [1.82, 2.24) is 3.97 Å². The summed E-state index contributed by atoms with van der Waals surface area (Å²) in [4.78, 5) is 9.25. The summed E-state index contributed by atoms with van der Waals surface area (Å²) in [6, 6.07) is 18.3. The molecule has 2 N–H and O–H groups in total. The molecule has 0 atom stereocenters. The van der Waals surface area contributed by atoms with E-state index in [1.807, 2.05) is 42.6 Å². The minimum absolute atomic E-state index is 0.141. The van der Waals surface area contributed by atoms with Crippen LogP contribution in [-0.4, -0.2) is 23.1 Å². The molecule has 0 bridgehead atoms. The first-order chi connectivity index (χ1) is 12.2. The molecule has 0 fully saturated rings. The number of halogens is 1. The largest absolute Gasteiger partial charge is 0.312 e. The third-order valence-electron chi connectivity index (χ3n) is 3.56. The normalized spacial score (nSPS) is 12.6. The first-order valence-electron chi connectivity index (χ1n) is 7.65. The molecule has 0 spiro atoms. The number of aromatic nitrogens is 1. The molecular formula is C19H17ClN4S. The van der Waals surface area contributed by atoms with Crippen LogP contribution in [0.1, 0.15) is 5.56 Å². The smallest absolute Gasteiger partial charge is 0.0886 e. The van der Waals surface area contributed by atoms with Gasteiger partial charge in [0.15, 0.2) is 0 Å². The molecule has 0 saturated carbocycles. The van der Waals surface area contributed by atoms with Gasteiger partial charge >= 0.3 is 0 Å². The zero-order valence-electron chi connectivity index (χ0n) is 13.5. The summed E-state index contributed by atoms with van der Waals surface area (Å²) >= 11 is 7.99. The van der Waals surface area contributed by atoms with E-state index in [0.717, 1.165) is 21.4 Å². The average Bonchev–Trinajstić information content (AvgIpc) is 2.99. The summed E-state index contributed by atoms with van der Waals surface area (Å²) in [7, 11) is 0. The van der Waals surface area contributed by atoms with Gasteiger partial charge in [0, 0.05) is 28.2 Å². The lowest BCUT2D eigenvalue weighted by atomic mass is 10.1. The third kappa shape index (κ3) is 3.85. The monoisotopic (exact) mass is 368 g/mol. The van der Waals surface area contributed by atoms with Crippen LogP contribution in [0.5, 0.6) is 0 Å². The fourth-order valence-electron chi connectivity index (χ4n) is 2.53. The molecule has 3 rings (SSSR count). The molecule has 0 aliphatic heterocycles. The Morgan fingerprint density at radius 2 is 1.88 bits per heavy atom. The molecule has 0 aliphatic rings. The Hall–Kier alpha value is -2.34. The molecular weight excluding hydrogens is 352 g/mol. The second-order valence-electron chi connectivity index (χ2n) is 5.14. The van der Waals surface area contributed by atoms with Gasteiger partial charge in [0.05, 0.1) is 22.9 Å². The van der Waals surface area contributed by atoms with Crippen molar-refractivity contribution in [3.8, 4) is 0 Å². The number of hydrogen-bond acceptors (Lipinski definition) is 4. The number of benzene rings is 2. The van der Waals surface area contributed by atoms with Crippen LogP contribution < -0.4 is 5.73 Å². The van der Waals surface area contributed by atoms with Gasteiger partial charge in [-0.1, -0.05) is 48.0 Å². The van der Waals surface area contributed by atoms with Crippen molar-refractivity contribution in [2.45, 2.75) is 4.90 Å². The minimum atomic E-state index is 0.141. The van der Waals surface area contributed by atoms with Crippen molar-refractivity contribution >= 4 is 46.9 Å². The maximum absolute atomic E-state index is 6.36. The number of nitrogens with two attached hydrogens (primary N) is 1. The van der Waals surface area contributed by atoms with Crippen LogP contribution in [0.25, 0.3) is 10.9 Å². The highest BCUT2D eigenvalue weighted by Crippen LogP contribution is 2.31. The summed E-state index contributed by atoms with van der Waals surface area (Å²) in [5.74, 6) is 0. The van der Waals surface area contributed by atoms with Crippen molar-refractivity contribution in [2.75, 3.05) is 6.67 Å². The number of hydrogen-bond donors (Lipinski definition) is 1. The summed E-state index contributed by atoms with van der Waals surface area (Å²) < 4.78 is 2.11. The van der Waals surface area contributed by atoms with Gasteiger partial charge in [-0.2, -0.15) is 0 Å². The number of fused-ring (bicyclic) bond motifs is 1. The molecule has 3 aromatic rings. The fourth-order valence-corrected chi connectivity index (χ4v) is 3.68. The lowest BCUT2D eigenvalue weighted by molar-refractivity contribution is 1.07. The van der Waals surface area contributed by atoms with Crippen LogP contribution in [0.2, 0.25) is 0 Å². The van der Waals surface area contributed by atoms with Gasteiger partial charge in [0.1, 0.15) is 0 Å². The van der Waals surface area contributed by atoms with Crippen molar-refractivity contribution < 1.29 is 0 Å². The van der Waals surface area contributed by atoms with Crippen molar-refractivity contribution in [3.05, 3.63) is 77.6 Å². The van der Waals surface area contributed by atoms with Gasteiger partial charge < -0.3 is 5.73 Å². The predicted molar refractivity (Wildman–Crippen MR) is 109 cm³/mol. The van der Waals surface area contributed by atoms with Crippen LogP contribution in [0.15, 0.2) is 86.9 Å². The Labute approximate surface area is 155 Å². The highest BCUT2D eigenvalue weighted by molar-refractivity contribution is 7.98. The molecule has 126 valence electrons. The van der Waals surface area contributed by atoms with E-state index in [-0.39, 0.29) is 6.67 Å². The average molecular weight is 369 g/mol. The van der Waals surface area contributed by atoms with Crippen LogP contribution in [0.3, 0.4) is 0 Å². The maximum Gasteiger partial charge on any atom is 0.0886 e. The molecule has 0 saturated heterocycles. The summed E-state index contributed by atoms with van der Waals surface area (Å²) in [6.07, 6.45) is 3.50. The molecule has 2 aromatic carbocycles. The van der Waals surface area contributed by atoms with Gasteiger partial charge in [-0.3, -0.25) is 14.0 Å². The highest BCUT2D eigenvalue weighted by atomic mass is 35.5. The first kappa shape index (κ1) is 17.5. The highest BCUT2D eigenvalue weighted by Gasteiger charge is 2.16. The van der Waals surface area contributed by atoms with E-state index in [1.165, 1.54) is 6.20 Å². The van der Waals surface area contributed by atoms with E-state index >= 15 is 0 Å². The topological polar surface area (TPSA) is 55.7 Å². The van der Waals surface area contributed by atoms with E-state index in [4.69, 9.17) is 17.3 Å². The molecule has 1 aromatic heterocycles. The third-order valence-corrected chi connectivity index (χ3v) is 4.82. The van der Waals surface area contributed by atoms with Gasteiger partial charge in [-0.25, -0.2) is 0 Å². The van der Waals surface area contributed by atoms with Crippen LogP contribution >= 0.6 is 23.5 Å². The van der Waals surface area contributed by atoms with Crippen molar-refractivity contribution in [2.24, 2.45) is 15.7 Å². The van der Waals surface area contributed by atoms with Crippen LogP contribution in [0, 0.1) is 0 Å². The lowest BCUT2D eigenvalue weighted by Crippen LogP contribution is -2.06. The summed E-state index contributed by atoms with van der Waals surface area (Å²) in [5, 5.41) is 1.46. The van der Waals surface area contributed by atoms with Crippen molar-refractivity contribution in [3.63, 3.8) is 0 Å². The Morgan fingerprint density at radius 3 is 2.60 bits per heavy atom. The van der Waals surface area contributed by atoms with Crippen LogP contribution in [-0.2, 0) is 0 Å².